The average Bonchev–Trinajstić information content (AvgIpc) is 2.16. The highest BCUT2D eigenvalue weighted by atomic mass is 19.1. The van der Waals surface area contributed by atoms with Gasteiger partial charge in [0.2, 0.25) is 0 Å². The highest BCUT2D eigenvalue weighted by Crippen LogP contribution is 2.21. The first-order valence-electron chi connectivity index (χ1n) is 4.41. The normalized spacial score (nSPS) is 10.3. The lowest BCUT2D eigenvalue weighted by atomic mass is 10.1. The van der Waals surface area contributed by atoms with E-state index in [1.165, 1.54) is 19.2 Å². The first-order valence-corrected chi connectivity index (χ1v) is 4.41. The zero-order chi connectivity index (χ0) is 10.6. The van der Waals surface area contributed by atoms with Crippen molar-refractivity contribution in [1.82, 2.24) is 0 Å². The maximum Gasteiger partial charge on any atom is 0.133 e. The molecule has 0 spiro atoms. The summed E-state index contributed by atoms with van der Waals surface area (Å²) < 4.78 is 31.3. The fourth-order valence-electron chi connectivity index (χ4n) is 1.22. The topological polar surface area (TPSA) is 35.2 Å². The number of hydrogen-bond donors (Lipinski definition) is 1. The zero-order valence-corrected chi connectivity index (χ0v) is 8.02. The molecule has 0 saturated carbocycles. The van der Waals surface area contributed by atoms with Gasteiger partial charge in [-0.2, -0.15) is 0 Å². The Bertz CT molecular complexity index is 292. The van der Waals surface area contributed by atoms with Crippen LogP contribution in [0.4, 0.5) is 8.78 Å². The quantitative estimate of drug-likeness (QED) is 0.807. The van der Waals surface area contributed by atoms with Gasteiger partial charge in [0.25, 0.3) is 0 Å². The minimum atomic E-state index is -0.574. The Kier molecular flexibility index (Phi) is 3.83. The van der Waals surface area contributed by atoms with Gasteiger partial charge >= 0.3 is 0 Å². The van der Waals surface area contributed by atoms with Gasteiger partial charge in [0.05, 0.1) is 7.11 Å². The van der Waals surface area contributed by atoms with Crippen LogP contribution < -0.4 is 10.5 Å². The average molecular weight is 201 g/mol. The van der Waals surface area contributed by atoms with Gasteiger partial charge in [-0.05, 0) is 19.4 Å². The summed E-state index contributed by atoms with van der Waals surface area (Å²) in [7, 11) is 1.37. The van der Waals surface area contributed by atoms with Gasteiger partial charge in [-0.25, -0.2) is 8.78 Å². The van der Waals surface area contributed by atoms with Gasteiger partial charge in [0, 0.05) is 17.7 Å². The van der Waals surface area contributed by atoms with E-state index in [0.717, 1.165) is 0 Å². The largest absolute Gasteiger partial charge is 0.497 e. The Balaban J connectivity index is 2.93. The Morgan fingerprint density at radius 3 is 2.29 bits per heavy atom. The molecule has 0 aromatic heterocycles. The van der Waals surface area contributed by atoms with Gasteiger partial charge < -0.3 is 10.5 Å². The number of hydrogen-bond acceptors (Lipinski definition) is 2. The van der Waals surface area contributed by atoms with Crippen LogP contribution in [-0.2, 0) is 6.42 Å². The second-order valence-electron chi connectivity index (χ2n) is 2.96. The summed E-state index contributed by atoms with van der Waals surface area (Å²) in [5, 5.41) is 0. The van der Waals surface area contributed by atoms with E-state index in [2.05, 4.69) is 0 Å². The number of ether oxygens (including phenoxy) is 1. The zero-order valence-electron chi connectivity index (χ0n) is 8.02. The van der Waals surface area contributed by atoms with Crippen LogP contribution in [0.3, 0.4) is 0 Å². The molecule has 0 aliphatic heterocycles. The van der Waals surface area contributed by atoms with Crippen molar-refractivity contribution in [3.8, 4) is 5.75 Å². The number of benzene rings is 1. The molecule has 0 aliphatic rings. The molecule has 0 bridgehead atoms. The lowest BCUT2D eigenvalue weighted by Gasteiger charge is -2.06. The molecule has 2 nitrogen and oxygen atoms in total. The third-order valence-corrected chi connectivity index (χ3v) is 1.98. The fraction of sp³-hybridized carbons (Fsp3) is 0.400. The lowest BCUT2D eigenvalue weighted by molar-refractivity contribution is 0.405. The molecule has 0 atom stereocenters. The van der Waals surface area contributed by atoms with E-state index in [4.69, 9.17) is 10.5 Å². The summed E-state index contributed by atoms with van der Waals surface area (Å²) in [6.07, 6.45) is 0.887. The van der Waals surface area contributed by atoms with Crippen LogP contribution in [-0.4, -0.2) is 13.7 Å². The van der Waals surface area contributed by atoms with E-state index in [1.807, 2.05) is 0 Å². The molecule has 2 N–H and O–H groups in total. The van der Waals surface area contributed by atoms with Crippen molar-refractivity contribution in [2.24, 2.45) is 5.73 Å². The summed E-state index contributed by atoms with van der Waals surface area (Å²) in [4.78, 5) is 0. The maximum absolute atomic E-state index is 13.3. The number of nitrogens with two attached hydrogens (primary N) is 1. The lowest BCUT2D eigenvalue weighted by Crippen LogP contribution is -2.04. The third-order valence-electron chi connectivity index (χ3n) is 1.98. The van der Waals surface area contributed by atoms with E-state index in [1.54, 1.807) is 0 Å². The molecule has 0 fully saturated rings. The molecular weight excluding hydrogens is 188 g/mol. The highest BCUT2D eigenvalue weighted by Gasteiger charge is 2.10. The van der Waals surface area contributed by atoms with Crippen molar-refractivity contribution >= 4 is 0 Å². The number of methoxy groups -OCH3 is 1. The first-order chi connectivity index (χ1) is 6.69. The SMILES string of the molecule is COc1cc(F)c(CCCN)c(F)c1. The number of rotatable bonds is 4. The minimum Gasteiger partial charge on any atom is -0.497 e. The van der Waals surface area contributed by atoms with Crippen molar-refractivity contribution in [3.05, 3.63) is 29.3 Å². The second-order valence-corrected chi connectivity index (χ2v) is 2.96. The fourth-order valence-corrected chi connectivity index (χ4v) is 1.22. The van der Waals surface area contributed by atoms with Crippen molar-refractivity contribution in [1.29, 1.82) is 0 Å². The van der Waals surface area contributed by atoms with E-state index in [0.29, 0.717) is 19.4 Å². The Morgan fingerprint density at radius 2 is 1.86 bits per heavy atom. The van der Waals surface area contributed by atoms with E-state index in [-0.39, 0.29) is 11.3 Å². The Hall–Kier alpha value is -1.16. The molecule has 0 radical (unpaired) electrons. The third kappa shape index (κ3) is 2.42. The standard InChI is InChI=1S/C10H13F2NO/c1-14-7-5-9(11)8(3-2-4-13)10(12)6-7/h5-6H,2-4,13H2,1H3. The second kappa shape index (κ2) is 4.91. The first kappa shape index (κ1) is 10.9. The Morgan fingerprint density at radius 1 is 1.29 bits per heavy atom. The minimum absolute atomic E-state index is 0.0799. The molecule has 1 aromatic rings. The molecule has 1 aromatic carbocycles. The molecule has 4 heteroatoms. The van der Waals surface area contributed by atoms with Crippen molar-refractivity contribution in [3.63, 3.8) is 0 Å². The van der Waals surface area contributed by atoms with Crippen LogP contribution >= 0.6 is 0 Å². The molecule has 78 valence electrons. The molecule has 0 unspecified atom stereocenters. The maximum atomic E-state index is 13.3. The van der Waals surface area contributed by atoms with Gasteiger partial charge in [0.15, 0.2) is 0 Å². The van der Waals surface area contributed by atoms with Gasteiger partial charge in [-0.1, -0.05) is 0 Å². The van der Waals surface area contributed by atoms with Crippen LogP contribution in [0.25, 0.3) is 0 Å². The molecule has 0 saturated heterocycles. The van der Waals surface area contributed by atoms with Gasteiger partial charge in [-0.3, -0.25) is 0 Å². The van der Waals surface area contributed by atoms with Crippen LogP contribution in [0.15, 0.2) is 12.1 Å². The van der Waals surface area contributed by atoms with E-state index >= 15 is 0 Å². The summed E-state index contributed by atoms with van der Waals surface area (Å²) in [5.41, 5.74) is 5.34. The Labute approximate surface area is 81.7 Å². The molecular formula is C10H13F2NO. The highest BCUT2D eigenvalue weighted by molar-refractivity contribution is 5.30. The van der Waals surface area contributed by atoms with Gasteiger partial charge in [-0.15, -0.1) is 0 Å². The number of halogens is 2. The molecule has 14 heavy (non-hydrogen) atoms. The summed E-state index contributed by atoms with van der Waals surface area (Å²) in [5.74, 6) is -0.956. The summed E-state index contributed by atoms with van der Waals surface area (Å²) in [6, 6.07) is 2.35. The van der Waals surface area contributed by atoms with Crippen LogP contribution in [0.1, 0.15) is 12.0 Å². The summed E-state index contributed by atoms with van der Waals surface area (Å²) in [6.45, 7) is 0.422. The predicted molar refractivity (Wildman–Crippen MR) is 50.3 cm³/mol. The molecule has 0 heterocycles. The monoisotopic (exact) mass is 201 g/mol. The van der Waals surface area contributed by atoms with Crippen LogP contribution in [0, 0.1) is 11.6 Å². The molecule has 1 rings (SSSR count). The van der Waals surface area contributed by atoms with Crippen molar-refractivity contribution in [2.75, 3.05) is 13.7 Å². The smallest absolute Gasteiger partial charge is 0.133 e. The van der Waals surface area contributed by atoms with E-state index < -0.39 is 11.6 Å². The van der Waals surface area contributed by atoms with Gasteiger partial charge in [0.1, 0.15) is 17.4 Å². The van der Waals surface area contributed by atoms with E-state index in [9.17, 15) is 8.78 Å². The summed E-state index contributed by atoms with van der Waals surface area (Å²) >= 11 is 0. The van der Waals surface area contributed by atoms with Crippen molar-refractivity contribution in [2.45, 2.75) is 12.8 Å². The molecule has 0 aliphatic carbocycles. The molecule has 0 amide bonds. The van der Waals surface area contributed by atoms with Crippen LogP contribution in [0.5, 0.6) is 5.75 Å². The predicted octanol–water partition coefficient (Wildman–Crippen LogP) is 1.86. The van der Waals surface area contributed by atoms with Crippen molar-refractivity contribution < 1.29 is 13.5 Å². The van der Waals surface area contributed by atoms with Crippen LogP contribution in [0.2, 0.25) is 0 Å².